The van der Waals surface area contributed by atoms with Crippen molar-refractivity contribution < 1.29 is 14.3 Å². The minimum atomic E-state index is -0.733. The minimum absolute atomic E-state index is 0.286. The monoisotopic (exact) mass is 405 g/mol. The van der Waals surface area contributed by atoms with Gasteiger partial charge in [0.2, 0.25) is 0 Å². The Hall–Kier alpha value is -2.70. The number of benzene rings is 2. The third-order valence-electron chi connectivity index (χ3n) is 4.15. The van der Waals surface area contributed by atoms with Crippen molar-refractivity contribution in [2.75, 3.05) is 12.4 Å². The number of halogens is 2. The van der Waals surface area contributed by atoms with E-state index in [1.165, 1.54) is 0 Å². The van der Waals surface area contributed by atoms with E-state index in [-0.39, 0.29) is 10.9 Å². The van der Waals surface area contributed by atoms with Crippen molar-refractivity contribution >= 4 is 40.8 Å². The van der Waals surface area contributed by atoms with Crippen molar-refractivity contribution in [1.29, 1.82) is 0 Å². The maximum atomic E-state index is 13.0. The standard InChI is InChI=1S/C19H17Cl2N3O3/c1-10-15(18(25)23-11-6-8-12(27-2)9-7-11)17(24-19(26)22-10)13-4-3-5-14(20)16(13)21/h3-9,17H,1-2H3,(H,23,25)(H2,22,24,26)/t17-/m1/s1. The minimum Gasteiger partial charge on any atom is -0.497 e. The van der Waals surface area contributed by atoms with Crippen molar-refractivity contribution in [1.82, 2.24) is 10.6 Å². The number of urea groups is 1. The first kappa shape index (κ1) is 19.1. The summed E-state index contributed by atoms with van der Waals surface area (Å²) in [7, 11) is 1.57. The van der Waals surface area contributed by atoms with Gasteiger partial charge in [-0.15, -0.1) is 0 Å². The molecule has 140 valence electrons. The Labute approximate surface area is 166 Å². The van der Waals surface area contributed by atoms with Crippen molar-refractivity contribution in [2.24, 2.45) is 0 Å². The summed E-state index contributed by atoms with van der Waals surface area (Å²) < 4.78 is 5.11. The predicted molar refractivity (Wildman–Crippen MR) is 105 cm³/mol. The zero-order chi connectivity index (χ0) is 19.6. The second-order valence-corrected chi connectivity index (χ2v) is 6.68. The van der Waals surface area contributed by atoms with E-state index in [1.807, 2.05) is 0 Å². The molecule has 1 atom stereocenters. The van der Waals surface area contributed by atoms with E-state index in [9.17, 15) is 9.59 Å². The number of nitrogens with one attached hydrogen (secondary N) is 3. The van der Waals surface area contributed by atoms with Crippen LogP contribution in [0.2, 0.25) is 10.0 Å². The first-order valence-corrected chi connectivity index (χ1v) is 8.84. The number of amides is 3. The summed E-state index contributed by atoms with van der Waals surface area (Å²) in [5.41, 5.74) is 1.91. The zero-order valence-electron chi connectivity index (χ0n) is 14.6. The summed E-state index contributed by atoms with van der Waals surface area (Å²) >= 11 is 12.4. The Kier molecular flexibility index (Phi) is 5.58. The van der Waals surface area contributed by atoms with Gasteiger partial charge in [-0.1, -0.05) is 35.3 Å². The Balaban J connectivity index is 1.95. The maximum absolute atomic E-state index is 13.0. The predicted octanol–water partition coefficient (Wildman–Crippen LogP) is 4.27. The van der Waals surface area contributed by atoms with E-state index >= 15 is 0 Å². The molecule has 0 saturated heterocycles. The molecule has 3 N–H and O–H groups in total. The Morgan fingerprint density at radius 1 is 1.15 bits per heavy atom. The molecule has 1 aliphatic heterocycles. The van der Waals surface area contributed by atoms with E-state index < -0.39 is 12.1 Å². The number of allylic oxidation sites excluding steroid dienone is 1. The lowest BCUT2D eigenvalue weighted by Crippen LogP contribution is -2.46. The van der Waals surface area contributed by atoms with Crippen LogP contribution in [-0.2, 0) is 4.79 Å². The zero-order valence-corrected chi connectivity index (χ0v) is 16.1. The highest BCUT2D eigenvalue weighted by molar-refractivity contribution is 6.42. The molecule has 0 aromatic heterocycles. The fourth-order valence-electron chi connectivity index (χ4n) is 2.84. The van der Waals surface area contributed by atoms with Crippen molar-refractivity contribution in [3.05, 3.63) is 69.3 Å². The number of ether oxygens (including phenoxy) is 1. The van der Waals surface area contributed by atoms with E-state index in [4.69, 9.17) is 27.9 Å². The first-order chi connectivity index (χ1) is 12.9. The number of hydrogen-bond acceptors (Lipinski definition) is 3. The molecule has 2 aromatic rings. The van der Waals surface area contributed by atoms with Crippen LogP contribution in [0.5, 0.6) is 5.75 Å². The molecule has 0 fully saturated rings. The van der Waals surface area contributed by atoms with Crippen LogP contribution in [0.25, 0.3) is 0 Å². The summed E-state index contributed by atoms with van der Waals surface area (Å²) in [5, 5.41) is 8.81. The van der Waals surface area contributed by atoms with Gasteiger partial charge in [0.25, 0.3) is 5.91 Å². The summed E-state index contributed by atoms with van der Waals surface area (Å²) in [6.45, 7) is 1.66. The number of carbonyl (C=O) groups excluding carboxylic acids is 2. The second-order valence-electron chi connectivity index (χ2n) is 5.90. The van der Waals surface area contributed by atoms with Gasteiger partial charge in [-0.05, 0) is 42.8 Å². The van der Waals surface area contributed by atoms with Crippen LogP contribution in [-0.4, -0.2) is 19.0 Å². The van der Waals surface area contributed by atoms with Crippen LogP contribution in [0.1, 0.15) is 18.5 Å². The largest absolute Gasteiger partial charge is 0.497 e. The highest BCUT2D eigenvalue weighted by atomic mass is 35.5. The Bertz CT molecular complexity index is 926. The molecular weight excluding hydrogens is 389 g/mol. The molecule has 0 bridgehead atoms. The van der Waals surface area contributed by atoms with Crippen molar-refractivity contribution in [3.8, 4) is 5.75 Å². The number of methoxy groups -OCH3 is 1. The van der Waals surface area contributed by atoms with Gasteiger partial charge in [-0.2, -0.15) is 0 Å². The molecule has 0 radical (unpaired) electrons. The molecule has 0 saturated carbocycles. The van der Waals surface area contributed by atoms with Gasteiger partial charge in [0.05, 0.1) is 28.8 Å². The smallest absolute Gasteiger partial charge is 0.319 e. The first-order valence-electron chi connectivity index (χ1n) is 8.08. The van der Waals surface area contributed by atoms with E-state index in [1.54, 1.807) is 56.5 Å². The van der Waals surface area contributed by atoms with Gasteiger partial charge in [-0.3, -0.25) is 4.79 Å². The molecule has 0 aliphatic carbocycles. The molecule has 2 aromatic carbocycles. The van der Waals surface area contributed by atoms with Gasteiger partial charge in [0.15, 0.2) is 0 Å². The lowest BCUT2D eigenvalue weighted by Gasteiger charge is -2.29. The van der Waals surface area contributed by atoms with Crippen LogP contribution < -0.4 is 20.7 Å². The highest BCUT2D eigenvalue weighted by Crippen LogP contribution is 2.35. The van der Waals surface area contributed by atoms with E-state index in [0.29, 0.717) is 33.3 Å². The topological polar surface area (TPSA) is 79.5 Å². The summed E-state index contributed by atoms with van der Waals surface area (Å²) in [6.07, 6.45) is 0. The lowest BCUT2D eigenvalue weighted by atomic mass is 9.94. The summed E-state index contributed by atoms with van der Waals surface area (Å²) in [4.78, 5) is 24.9. The molecular formula is C19H17Cl2N3O3. The maximum Gasteiger partial charge on any atom is 0.319 e. The number of anilines is 1. The van der Waals surface area contributed by atoms with Crippen LogP contribution in [0.15, 0.2) is 53.7 Å². The highest BCUT2D eigenvalue weighted by Gasteiger charge is 2.32. The SMILES string of the molecule is COc1ccc(NC(=O)C2=C(C)NC(=O)N[C@@H]2c2cccc(Cl)c2Cl)cc1. The number of hydrogen-bond donors (Lipinski definition) is 3. The van der Waals surface area contributed by atoms with E-state index in [2.05, 4.69) is 16.0 Å². The molecule has 27 heavy (non-hydrogen) atoms. The van der Waals surface area contributed by atoms with E-state index in [0.717, 1.165) is 0 Å². The molecule has 1 heterocycles. The van der Waals surface area contributed by atoms with Gasteiger partial charge in [0.1, 0.15) is 5.75 Å². The van der Waals surface area contributed by atoms with Crippen molar-refractivity contribution in [2.45, 2.75) is 13.0 Å². The lowest BCUT2D eigenvalue weighted by molar-refractivity contribution is -0.113. The van der Waals surface area contributed by atoms with Crippen LogP contribution >= 0.6 is 23.2 Å². The van der Waals surface area contributed by atoms with Crippen LogP contribution in [0, 0.1) is 0 Å². The number of rotatable bonds is 4. The molecule has 3 amide bonds. The number of carbonyl (C=O) groups is 2. The average molecular weight is 406 g/mol. The van der Waals surface area contributed by atoms with Gasteiger partial charge < -0.3 is 20.7 Å². The molecule has 1 aliphatic rings. The molecule has 0 spiro atoms. The quantitative estimate of drug-likeness (QED) is 0.710. The van der Waals surface area contributed by atoms with Gasteiger partial charge in [-0.25, -0.2) is 4.79 Å². The Morgan fingerprint density at radius 3 is 2.52 bits per heavy atom. The molecule has 6 nitrogen and oxygen atoms in total. The summed E-state index contributed by atoms with van der Waals surface area (Å²) in [6, 6.07) is 10.9. The van der Waals surface area contributed by atoms with Crippen LogP contribution in [0.3, 0.4) is 0 Å². The van der Waals surface area contributed by atoms with Crippen molar-refractivity contribution in [3.63, 3.8) is 0 Å². The summed E-state index contributed by atoms with van der Waals surface area (Å²) in [5.74, 6) is 0.310. The van der Waals surface area contributed by atoms with Gasteiger partial charge >= 0.3 is 6.03 Å². The fourth-order valence-corrected chi connectivity index (χ4v) is 3.26. The molecule has 8 heteroatoms. The average Bonchev–Trinajstić information content (AvgIpc) is 2.64. The Morgan fingerprint density at radius 2 is 1.85 bits per heavy atom. The third-order valence-corrected chi connectivity index (χ3v) is 4.99. The second kappa shape index (κ2) is 7.90. The molecule has 0 unspecified atom stereocenters. The normalized spacial score (nSPS) is 16.4. The van der Waals surface area contributed by atoms with Crippen LogP contribution in [0.4, 0.5) is 10.5 Å². The third kappa shape index (κ3) is 4.02. The van der Waals surface area contributed by atoms with Gasteiger partial charge in [0, 0.05) is 11.4 Å². The molecule has 3 rings (SSSR count). The fraction of sp³-hybridized carbons (Fsp3) is 0.158.